The van der Waals surface area contributed by atoms with Gasteiger partial charge in [0.05, 0.1) is 17.0 Å². The van der Waals surface area contributed by atoms with Gasteiger partial charge in [-0.3, -0.25) is 4.79 Å². The third kappa shape index (κ3) is 4.29. The van der Waals surface area contributed by atoms with Crippen LogP contribution in [0.2, 0.25) is 0 Å². The summed E-state index contributed by atoms with van der Waals surface area (Å²) in [6.45, 7) is 0. The number of rotatable bonds is 6. The number of nitrogens with zero attached hydrogens (tertiary/aromatic N) is 6. The number of nitrogens with two attached hydrogens (primary N) is 1. The van der Waals surface area contributed by atoms with E-state index in [4.69, 9.17) is 5.73 Å². The molecule has 2 aliphatic rings. The van der Waals surface area contributed by atoms with Crippen LogP contribution in [0.1, 0.15) is 48.3 Å². The highest BCUT2D eigenvalue weighted by Gasteiger charge is 2.60. The summed E-state index contributed by atoms with van der Waals surface area (Å²) < 4.78 is 80.2. The van der Waals surface area contributed by atoms with Gasteiger partial charge in [0.25, 0.3) is 0 Å². The van der Waals surface area contributed by atoms with Crippen LogP contribution in [0.3, 0.4) is 0 Å². The molecular weight excluding hydrogens is 542 g/mol. The van der Waals surface area contributed by atoms with E-state index >= 15 is 0 Å². The Bertz CT molecular complexity index is 1640. The summed E-state index contributed by atoms with van der Waals surface area (Å²) in [5, 5.41) is 2.65. The number of amides is 1. The molecule has 0 aromatic carbocycles. The lowest BCUT2D eigenvalue weighted by Crippen LogP contribution is -2.40. The number of nitrogen functional groups attached to an aromatic ring is 1. The number of aryl methyl sites for hydroxylation is 1. The largest absolute Gasteiger partial charge is 0.433 e. The number of hydrogen-bond acceptors (Lipinski definition) is 7. The van der Waals surface area contributed by atoms with Crippen molar-refractivity contribution in [1.82, 2.24) is 29.3 Å². The van der Waals surface area contributed by atoms with E-state index in [0.29, 0.717) is 24.2 Å². The van der Waals surface area contributed by atoms with Gasteiger partial charge in [0, 0.05) is 25.0 Å². The highest BCUT2D eigenvalue weighted by atomic mass is 19.4. The molecule has 3 N–H and O–H groups in total. The molecule has 0 spiro atoms. The Morgan fingerprint density at radius 3 is 2.55 bits per heavy atom. The van der Waals surface area contributed by atoms with Crippen molar-refractivity contribution < 1.29 is 31.1 Å². The zero-order valence-electron chi connectivity index (χ0n) is 20.5. The molecule has 0 saturated heterocycles. The van der Waals surface area contributed by atoms with Crippen LogP contribution < -0.4 is 11.1 Å². The lowest BCUT2D eigenvalue weighted by atomic mass is 9.74. The molecule has 208 valence electrons. The van der Waals surface area contributed by atoms with Crippen LogP contribution in [0.5, 0.6) is 0 Å². The summed E-state index contributed by atoms with van der Waals surface area (Å²) in [6, 6.07) is 3.37. The molecule has 1 amide bonds. The van der Waals surface area contributed by atoms with Crippen molar-refractivity contribution in [3.63, 3.8) is 0 Å². The molecule has 1 saturated carbocycles. The fraction of sp³-hybridized carbons (Fsp3) is 0.360. The number of halogens is 6. The monoisotopic (exact) mass is 562 g/mol. The van der Waals surface area contributed by atoms with E-state index in [-0.39, 0.29) is 53.2 Å². The van der Waals surface area contributed by atoms with Gasteiger partial charge in [0.15, 0.2) is 11.5 Å². The third-order valence-corrected chi connectivity index (χ3v) is 7.10. The first-order valence-corrected chi connectivity index (χ1v) is 12.3. The van der Waals surface area contributed by atoms with Crippen molar-refractivity contribution in [3.8, 4) is 11.5 Å². The van der Waals surface area contributed by atoms with Crippen LogP contribution in [0.15, 0.2) is 36.8 Å². The van der Waals surface area contributed by atoms with Gasteiger partial charge in [0.1, 0.15) is 28.4 Å². The lowest BCUT2D eigenvalue weighted by molar-refractivity contribution is -0.141. The molecule has 1 aliphatic carbocycles. The second kappa shape index (κ2) is 8.86. The number of nitrogens with one attached hydrogen (secondary N) is 1. The van der Waals surface area contributed by atoms with Crippen LogP contribution in [0.25, 0.3) is 17.2 Å². The molecule has 0 bridgehead atoms. The minimum atomic E-state index is -4.72. The Hall–Kier alpha value is -4.30. The van der Waals surface area contributed by atoms with Crippen molar-refractivity contribution in [2.45, 2.75) is 49.9 Å². The topological polar surface area (TPSA) is 124 Å². The van der Waals surface area contributed by atoms with Crippen molar-refractivity contribution in [2.24, 2.45) is 5.92 Å². The fourth-order valence-corrected chi connectivity index (χ4v) is 5.29. The number of alkyl halides is 6. The first kappa shape index (κ1) is 26.0. The van der Waals surface area contributed by atoms with Crippen LogP contribution >= 0.6 is 0 Å². The molecule has 15 heteroatoms. The summed E-state index contributed by atoms with van der Waals surface area (Å²) >= 11 is 0. The fourth-order valence-electron chi connectivity index (χ4n) is 5.29. The number of anilines is 2. The van der Waals surface area contributed by atoms with E-state index < -0.39 is 35.8 Å². The van der Waals surface area contributed by atoms with E-state index in [1.807, 2.05) is 0 Å². The molecule has 9 nitrogen and oxygen atoms in total. The van der Waals surface area contributed by atoms with Crippen LogP contribution in [-0.2, 0) is 22.8 Å². The molecule has 1 aliphatic heterocycles. The zero-order chi connectivity index (χ0) is 28.4. The maximum absolute atomic E-state index is 13.5. The Kier molecular flexibility index (Phi) is 5.75. The Morgan fingerprint density at radius 1 is 1.07 bits per heavy atom. The summed E-state index contributed by atoms with van der Waals surface area (Å²) in [7, 11) is 0. The molecule has 6 rings (SSSR count). The molecule has 40 heavy (non-hydrogen) atoms. The molecule has 4 aromatic heterocycles. The standard InChI is InChI=1S/C25H20F6N8O/c26-23(27,28)8-2-3-13-21-33-9-10-39(21)11-14(34-13)19-36-18(32)17-20(37-19)38-22(40)24(17,12-6-7-12)15-4-1-5-16(35-15)25(29,30)31/h1,4-5,9-12H,2-3,6-8H2,(H3,32,36,37,38,40). The number of fused-ring (bicyclic) bond motifs is 2. The predicted octanol–water partition coefficient (Wildman–Crippen LogP) is 4.72. The van der Waals surface area contributed by atoms with Crippen molar-refractivity contribution in [3.05, 3.63) is 59.4 Å². The third-order valence-electron chi connectivity index (χ3n) is 7.10. The number of imidazole rings is 1. The van der Waals surface area contributed by atoms with Gasteiger partial charge in [-0.25, -0.2) is 24.9 Å². The SMILES string of the molecule is Nc1nc(-c2cn3ccnc3c(CCCC(F)(F)F)n2)nc2c1C(c1cccc(C(F)(F)F)n1)(C1CC1)C(=O)N2. The number of carbonyl (C=O) groups is 1. The average molecular weight is 562 g/mol. The van der Waals surface area contributed by atoms with Crippen molar-refractivity contribution >= 4 is 23.2 Å². The number of aromatic nitrogens is 6. The minimum absolute atomic E-state index is 0.0168. The molecular formula is C25H20F6N8O. The molecule has 1 fully saturated rings. The Morgan fingerprint density at radius 2 is 1.85 bits per heavy atom. The van der Waals surface area contributed by atoms with Crippen molar-refractivity contribution in [1.29, 1.82) is 0 Å². The van der Waals surface area contributed by atoms with Crippen LogP contribution in [0, 0.1) is 5.92 Å². The number of carbonyl (C=O) groups excluding carboxylic acids is 1. The van der Waals surface area contributed by atoms with E-state index in [0.717, 1.165) is 6.07 Å². The second-order valence-electron chi connectivity index (χ2n) is 9.80. The van der Waals surface area contributed by atoms with Crippen LogP contribution in [-0.4, -0.2) is 41.4 Å². The van der Waals surface area contributed by atoms with Gasteiger partial charge >= 0.3 is 12.4 Å². The smallest absolute Gasteiger partial charge is 0.383 e. The Balaban J connectivity index is 1.44. The summed E-state index contributed by atoms with van der Waals surface area (Å²) in [6.07, 6.45) is -4.55. The molecule has 5 heterocycles. The van der Waals surface area contributed by atoms with E-state index in [2.05, 4.69) is 30.2 Å². The van der Waals surface area contributed by atoms with Gasteiger partial charge in [-0.1, -0.05) is 6.07 Å². The highest BCUT2D eigenvalue weighted by molar-refractivity contribution is 6.09. The lowest BCUT2D eigenvalue weighted by Gasteiger charge is -2.28. The van der Waals surface area contributed by atoms with E-state index in [1.165, 1.54) is 24.5 Å². The highest BCUT2D eigenvalue weighted by Crippen LogP contribution is 2.57. The van der Waals surface area contributed by atoms with E-state index in [9.17, 15) is 31.1 Å². The second-order valence-corrected chi connectivity index (χ2v) is 9.80. The number of hydrogen-bond donors (Lipinski definition) is 2. The normalized spacial score (nSPS) is 19.2. The van der Waals surface area contributed by atoms with Gasteiger partial charge in [-0.05, 0) is 43.7 Å². The first-order chi connectivity index (χ1) is 18.9. The number of pyridine rings is 1. The van der Waals surface area contributed by atoms with E-state index in [1.54, 1.807) is 10.6 Å². The molecule has 1 atom stereocenters. The van der Waals surface area contributed by atoms with Crippen molar-refractivity contribution in [2.75, 3.05) is 11.1 Å². The van der Waals surface area contributed by atoms with Gasteiger partial charge in [0.2, 0.25) is 5.91 Å². The summed E-state index contributed by atoms with van der Waals surface area (Å²) in [5.74, 6) is -1.11. The maximum Gasteiger partial charge on any atom is 0.433 e. The average Bonchev–Trinajstić information content (AvgIpc) is 3.52. The minimum Gasteiger partial charge on any atom is -0.383 e. The summed E-state index contributed by atoms with van der Waals surface area (Å²) in [4.78, 5) is 34.7. The van der Waals surface area contributed by atoms with Gasteiger partial charge in [-0.15, -0.1) is 0 Å². The molecule has 1 unspecified atom stereocenters. The molecule has 4 aromatic rings. The zero-order valence-corrected chi connectivity index (χ0v) is 20.5. The first-order valence-electron chi connectivity index (χ1n) is 12.3. The maximum atomic E-state index is 13.5. The molecule has 0 radical (unpaired) electrons. The van der Waals surface area contributed by atoms with Gasteiger partial charge in [-0.2, -0.15) is 26.3 Å². The van der Waals surface area contributed by atoms with Gasteiger partial charge < -0.3 is 15.5 Å². The quantitative estimate of drug-likeness (QED) is 0.326. The van der Waals surface area contributed by atoms with Crippen LogP contribution in [0.4, 0.5) is 38.0 Å². The Labute approximate surface area is 221 Å². The summed E-state index contributed by atoms with van der Waals surface area (Å²) in [5.41, 5.74) is 4.49. The predicted molar refractivity (Wildman–Crippen MR) is 129 cm³/mol.